The van der Waals surface area contributed by atoms with Gasteiger partial charge in [0.15, 0.2) is 5.65 Å². The molecule has 0 aromatic carbocycles. The van der Waals surface area contributed by atoms with Crippen molar-refractivity contribution in [2.75, 3.05) is 18.0 Å². The average molecular weight is 401 g/mol. The quantitative estimate of drug-likeness (QED) is 0.668. The van der Waals surface area contributed by atoms with Crippen LogP contribution in [-0.2, 0) is 0 Å². The van der Waals surface area contributed by atoms with Gasteiger partial charge in [0.2, 0.25) is 0 Å². The van der Waals surface area contributed by atoms with Crippen molar-refractivity contribution in [3.63, 3.8) is 0 Å². The lowest BCUT2D eigenvalue weighted by molar-refractivity contribution is 0.363. The van der Waals surface area contributed by atoms with E-state index in [0.717, 1.165) is 52.9 Å². The Morgan fingerprint density at radius 1 is 1.11 bits per heavy atom. The zero-order chi connectivity index (χ0) is 19.0. The van der Waals surface area contributed by atoms with Gasteiger partial charge >= 0.3 is 0 Å². The molecule has 3 aromatic rings. The van der Waals surface area contributed by atoms with Crippen LogP contribution >= 0.6 is 23.4 Å². The fraction of sp³-hybridized carbons (Fsp3) is 0.368. The first-order chi connectivity index (χ1) is 12.9. The number of rotatable bonds is 3. The topological polar surface area (TPSA) is 80.8 Å². The van der Waals surface area contributed by atoms with Crippen molar-refractivity contribution in [3.05, 3.63) is 41.3 Å². The van der Waals surface area contributed by atoms with E-state index in [1.54, 1.807) is 24.0 Å². The summed E-state index contributed by atoms with van der Waals surface area (Å²) in [6, 6.07) is 7.68. The molecule has 3 aromatic heterocycles. The van der Waals surface area contributed by atoms with Gasteiger partial charge in [-0.1, -0.05) is 23.4 Å². The number of pyridine rings is 2. The van der Waals surface area contributed by atoms with Gasteiger partial charge in [0.05, 0.1) is 11.9 Å². The van der Waals surface area contributed by atoms with Crippen LogP contribution in [0, 0.1) is 6.92 Å². The Morgan fingerprint density at radius 2 is 1.89 bits per heavy atom. The van der Waals surface area contributed by atoms with E-state index in [9.17, 15) is 0 Å². The highest BCUT2D eigenvalue weighted by atomic mass is 35.5. The van der Waals surface area contributed by atoms with Gasteiger partial charge < -0.3 is 10.6 Å². The first-order valence-corrected chi connectivity index (χ1v) is 10.1. The Balaban J connectivity index is 1.55. The zero-order valence-corrected chi connectivity index (χ0v) is 16.9. The van der Waals surface area contributed by atoms with E-state index in [0.29, 0.717) is 10.8 Å². The van der Waals surface area contributed by atoms with E-state index >= 15 is 0 Å². The smallest absolute Gasteiger partial charge is 0.179 e. The van der Waals surface area contributed by atoms with E-state index in [-0.39, 0.29) is 5.54 Å². The summed E-state index contributed by atoms with van der Waals surface area (Å²) < 4.78 is 0. The molecule has 0 unspecified atom stereocenters. The van der Waals surface area contributed by atoms with Crippen LogP contribution in [0.4, 0.5) is 5.82 Å². The van der Waals surface area contributed by atoms with Gasteiger partial charge in [0, 0.05) is 23.5 Å². The third kappa shape index (κ3) is 4.15. The lowest BCUT2D eigenvalue weighted by Crippen LogP contribution is -2.48. The fourth-order valence-electron chi connectivity index (χ4n) is 3.07. The first kappa shape index (κ1) is 18.4. The van der Waals surface area contributed by atoms with Crippen molar-refractivity contribution in [2.45, 2.75) is 42.1 Å². The summed E-state index contributed by atoms with van der Waals surface area (Å²) in [5.74, 6) is 0.887. The molecule has 4 heterocycles. The molecule has 0 radical (unpaired) electrons. The molecular formula is C19H21ClN6S. The molecule has 0 spiro atoms. The minimum Gasteiger partial charge on any atom is -0.355 e. The summed E-state index contributed by atoms with van der Waals surface area (Å²) in [6.45, 7) is 5.85. The number of anilines is 1. The first-order valence-electron chi connectivity index (χ1n) is 8.88. The summed E-state index contributed by atoms with van der Waals surface area (Å²) in [4.78, 5) is 21.5. The highest BCUT2D eigenvalue weighted by Crippen LogP contribution is 2.30. The monoisotopic (exact) mass is 400 g/mol. The number of fused-ring (bicyclic) bond motifs is 1. The highest BCUT2D eigenvalue weighted by molar-refractivity contribution is 7.99. The number of piperidine rings is 1. The number of hydrogen-bond donors (Lipinski definition) is 1. The fourth-order valence-corrected chi connectivity index (χ4v) is 4.08. The van der Waals surface area contributed by atoms with Gasteiger partial charge in [-0.2, -0.15) is 0 Å². The molecule has 1 aliphatic rings. The molecule has 1 aliphatic heterocycles. The number of aryl methyl sites for hydroxylation is 1. The van der Waals surface area contributed by atoms with Gasteiger partial charge in [0.25, 0.3) is 0 Å². The van der Waals surface area contributed by atoms with Crippen LogP contribution < -0.4 is 10.6 Å². The average Bonchev–Trinajstić information content (AvgIpc) is 2.64. The van der Waals surface area contributed by atoms with Crippen molar-refractivity contribution >= 4 is 40.3 Å². The van der Waals surface area contributed by atoms with Crippen LogP contribution in [0.2, 0.25) is 5.15 Å². The number of nitrogens with two attached hydrogens (primary N) is 1. The van der Waals surface area contributed by atoms with Crippen molar-refractivity contribution in [2.24, 2.45) is 5.73 Å². The van der Waals surface area contributed by atoms with Crippen LogP contribution in [0.1, 0.15) is 25.5 Å². The van der Waals surface area contributed by atoms with E-state index in [4.69, 9.17) is 22.3 Å². The van der Waals surface area contributed by atoms with Gasteiger partial charge in [-0.05, 0) is 51.0 Å². The maximum Gasteiger partial charge on any atom is 0.179 e. The SMILES string of the molecule is Cc1nc(Cl)ccc1Sc1ccc2nc(N3CCC(C)(N)CC3)cnc2n1. The zero-order valence-electron chi connectivity index (χ0n) is 15.3. The molecule has 8 heteroatoms. The molecule has 0 bridgehead atoms. The molecule has 2 N–H and O–H groups in total. The standard InChI is InChI=1S/C19H21ClN6S/c1-12-14(4-5-15(20)23-12)27-17-6-3-13-18(25-17)22-11-16(24-13)26-9-7-19(2,21)8-10-26/h3-6,11H,7-10,21H2,1-2H3. The molecule has 0 aliphatic carbocycles. The maximum absolute atomic E-state index is 6.22. The largest absolute Gasteiger partial charge is 0.355 e. The van der Waals surface area contributed by atoms with Crippen molar-refractivity contribution < 1.29 is 0 Å². The summed E-state index contributed by atoms with van der Waals surface area (Å²) in [5, 5.41) is 1.35. The summed E-state index contributed by atoms with van der Waals surface area (Å²) in [5.41, 5.74) is 8.46. The second kappa shape index (κ2) is 7.22. The summed E-state index contributed by atoms with van der Waals surface area (Å²) in [7, 11) is 0. The van der Waals surface area contributed by atoms with Crippen LogP contribution in [-0.4, -0.2) is 38.6 Å². The van der Waals surface area contributed by atoms with Crippen LogP contribution in [0.15, 0.2) is 40.4 Å². The second-order valence-electron chi connectivity index (χ2n) is 7.18. The molecule has 1 fully saturated rings. The minimum absolute atomic E-state index is 0.0802. The molecule has 1 saturated heterocycles. The number of hydrogen-bond acceptors (Lipinski definition) is 7. The molecule has 0 saturated carbocycles. The molecular weight excluding hydrogens is 380 g/mol. The Morgan fingerprint density at radius 3 is 2.63 bits per heavy atom. The Kier molecular flexibility index (Phi) is 4.92. The van der Waals surface area contributed by atoms with Crippen molar-refractivity contribution in [1.82, 2.24) is 19.9 Å². The second-order valence-corrected chi connectivity index (χ2v) is 8.63. The van der Waals surface area contributed by atoms with Gasteiger partial charge in [0.1, 0.15) is 21.5 Å². The lowest BCUT2D eigenvalue weighted by atomic mass is 9.91. The van der Waals surface area contributed by atoms with Gasteiger partial charge in [-0.3, -0.25) is 0 Å². The molecule has 0 amide bonds. The van der Waals surface area contributed by atoms with Crippen LogP contribution in [0.5, 0.6) is 0 Å². The van der Waals surface area contributed by atoms with E-state index in [1.165, 1.54) is 0 Å². The van der Waals surface area contributed by atoms with Crippen molar-refractivity contribution in [1.29, 1.82) is 0 Å². The number of aromatic nitrogens is 4. The lowest BCUT2D eigenvalue weighted by Gasteiger charge is -2.37. The summed E-state index contributed by atoms with van der Waals surface area (Å²) >= 11 is 7.47. The van der Waals surface area contributed by atoms with Crippen molar-refractivity contribution in [3.8, 4) is 0 Å². The van der Waals surface area contributed by atoms with E-state index < -0.39 is 0 Å². The van der Waals surface area contributed by atoms with E-state index in [1.807, 2.05) is 25.1 Å². The number of halogens is 1. The van der Waals surface area contributed by atoms with Crippen LogP contribution in [0.3, 0.4) is 0 Å². The summed E-state index contributed by atoms with van der Waals surface area (Å²) in [6.07, 6.45) is 3.71. The third-order valence-corrected chi connectivity index (χ3v) is 6.11. The molecule has 6 nitrogen and oxygen atoms in total. The normalized spacial score (nSPS) is 16.7. The molecule has 0 atom stereocenters. The molecule has 140 valence electrons. The molecule has 4 rings (SSSR count). The molecule has 27 heavy (non-hydrogen) atoms. The van der Waals surface area contributed by atoms with Gasteiger partial charge in [-0.25, -0.2) is 19.9 Å². The Bertz CT molecular complexity index is 983. The predicted molar refractivity (Wildman–Crippen MR) is 109 cm³/mol. The predicted octanol–water partition coefficient (Wildman–Crippen LogP) is 3.85. The Labute approximate surface area is 167 Å². The van der Waals surface area contributed by atoms with E-state index in [2.05, 4.69) is 26.8 Å². The number of nitrogens with zero attached hydrogens (tertiary/aromatic N) is 5. The van der Waals surface area contributed by atoms with Gasteiger partial charge in [-0.15, -0.1) is 0 Å². The third-order valence-electron chi connectivity index (χ3n) is 4.81. The Hall–Kier alpha value is -1.96. The highest BCUT2D eigenvalue weighted by Gasteiger charge is 2.26. The van der Waals surface area contributed by atoms with Crippen LogP contribution in [0.25, 0.3) is 11.2 Å². The maximum atomic E-state index is 6.22. The minimum atomic E-state index is -0.0802.